The minimum absolute atomic E-state index is 0.470. The number of hydrogen-bond acceptors (Lipinski definition) is 3. The first-order valence-electron chi connectivity index (χ1n) is 9.55. The molecule has 0 amide bonds. The third-order valence-electron chi connectivity index (χ3n) is 5.01. The Morgan fingerprint density at radius 1 is 0.742 bits per heavy atom. The van der Waals surface area contributed by atoms with Crippen LogP contribution in [0, 0.1) is 11.3 Å². The maximum Gasteiger partial charge on any atom is 0.164 e. The summed E-state index contributed by atoms with van der Waals surface area (Å²) < 4.78 is 1.81. The number of nitriles is 1. The van der Waals surface area contributed by atoms with E-state index >= 15 is 0 Å². The second-order valence-corrected chi connectivity index (χ2v) is 7.85. The summed E-state index contributed by atoms with van der Waals surface area (Å²) in [5, 5.41) is 16.8. The smallest absolute Gasteiger partial charge is 0.164 e. The normalized spacial score (nSPS) is 10.9. The highest BCUT2D eigenvalue weighted by molar-refractivity contribution is 6.31. The van der Waals surface area contributed by atoms with Crippen molar-refractivity contribution < 1.29 is 0 Å². The molecule has 0 unspecified atom stereocenters. The van der Waals surface area contributed by atoms with Gasteiger partial charge >= 0.3 is 0 Å². The van der Waals surface area contributed by atoms with E-state index < -0.39 is 0 Å². The zero-order valence-electron chi connectivity index (χ0n) is 16.1. The Morgan fingerprint density at radius 2 is 1.32 bits per heavy atom. The number of nitrogens with zero attached hydrogens (tertiary/aromatic N) is 4. The van der Waals surface area contributed by atoms with Crippen molar-refractivity contribution in [1.82, 2.24) is 14.8 Å². The quantitative estimate of drug-likeness (QED) is 0.305. The Morgan fingerprint density at radius 3 is 1.90 bits per heavy atom. The number of pyridine rings is 1. The molecule has 148 valence electrons. The molecule has 0 spiro atoms. The lowest BCUT2D eigenvalue weighted by molar-refractivity contribution is 0.901. The maximum atomic E-state index is 9.85. The minimum atomic E-state index is 0.470. The molecule has 0 N–H and O–H groups in total. The van der Waals surface area contributed by atoms with E-state index in [9.17, 15) is 5.26 Å². The first kappa shape index (κ1) is 19.3. The van der Waals surface area contributed by atoms with Crippen LogP contribution in [0.25, 0.3) is 39.2 Å². The first-order valence-corrected chi connectivity index (χ1v) is 10.3. The molecule has 0 saturated heterocycles. The molecule has 3 aromatic carbocycles. The Hall–Kier alpha value is -3.65. The molecule has 2 aromatic heterocycles. The van der Waals surface area contributed by atoms with Gasteiger partial charge in [0.2, 0.25) is 0 Å². The SMILES string of the molecule is N#Cc1cc2c(-c3ccc(Cl)cc3)nn(-c3ccccc3)c2nc1-c1ccc(Cl)cc1. The van der Waals surface area contributed by atoms with Crippen LogP contribution < -0.4 is 0 Å². The van der Waals surface area contributed by atoms with Crippen LogP contribution in [0.3, 0.4) is 0 Å². The zero-order valence-corrected chi connectivity index (χ0v) is 17.6. The van der Waals surface area contributed by atoms with Crippen LogP contribution >= 0.6 is 23.2 Å². The highest BCUT2D eigenvalue weighted by Gasteiger charge is 2.19. The van der Waals surface area contributed by atoms with Gasteiger partial charge < -0.3 is 0 Å². The predicted molar refractivity (Wildman–Crippen MR) is 124 cm³/mol. The molecule has 0 aliphatic rings. The minimum Gasteiger partial charge on any atom is -0.227 e. The van der Waals surface area contributed by atoms with Crippen molar-refractivity contribution in [3.63, 3.8) is 0 Å². The van der Waals surface area contributed by atoms with E-state index in [4.69, 9.17) is 33.3 Å². The molecule has 5 rings (SSSR count). The number of aromatic nitrogens is 3. The third-order valence-corrected chi connectivity index (χ3v) is 5.52. The van der Waals surface area contributed by atoms with E-state index in [-0.39, 0.29) is 0 Å². The predicted octanol–water partition coefficient (Wildman–Crippen LogP) is 6.93. The number of rotatable bonds is 3. The summed E-state index contributed by atoms with van der Waals surface area (Å²) in [7, 11) is 0. The van der Waals surface area contributed by atoms with E-state index in [0.29, 0.717) is 26.9 Å². The van der Waals surface area contributed by atoms with Crippen LogP contribution in [-0.2, 0) is 0 Å². The lowest BCUT2D eigenvalue weighted by Gasteiger charge is -2.07. The molecule has 0 bridgehead atoms. The summed E-state index contributed by atoms with van der Waals surface area (Å²) in [5.41, 5.74) is 5.06. The zero-order chi connectivity index (χ0) is 21.4. The highest BCUT2D eigenvalue weighted by Crippen LogP contribution is 2.33. The average Bonchev–Trinajstić information content (AvgIpc) is 3.18. The number of hydrogen-bond donors (Lipinski definition) is 0. The van der Waals surface area contributed by atoms with Crippen LogP contribution in [0.4, 0.5) is 0 Å². The van der Waals surface area contributed by atoms with Crippen molar-refractivity contribution in [2.45, 2.75) is 0 Å². The molecule has 0 aliphatic carbocycles. The first-order chi connectivity index (χ1) is 15.1. The van der Waals surface area contributed by atoms with E-state index in [2.05, 4.69) is 6.07 Å². The van der Waals surface area contributed by atoms with Gasteiger partial charge in [-0.1, -0.05) is 65.7 Å². The van der Waals surface area contributed by atoms with Gasteiger partial charge in [-0.15, -0.1) is 0 Å². The molecule has 2 heterocycles. The van der Waals surface area contributed by atoms with E-state index in [0.717, 1.165) is 27.9 Å². The number of fused-ring (bicyclic) bond motifs is 1. The van der Waals surface area contributed by atoms with Crippen LogP contribution in [0.5, 0.6) is 0 Å². The maximum absolute atomic E-state index is 9.85. The van der Waals surface area contributed by atoms with Gasteiger partial charge in [0.05, 0.1) is 16.9 Å². The Balaban J connectivity index is 1.83. The Kier molecular flexibility index (Phi) is 4.91. The molecule has 4 nitrogen and oxygen atoms in total. The van der Waals surface area contributed by atoms with E-state index in [1.807, 2.05) is 72.8 Å². The third kappa shape index (κ3) is 3.55. The van der Waals surface area contributed by atoms with Gasteiger partial charge in [-0.05, 0) is 42.5 Å². The summed E-state index contributed by atoms with van der Waals surface area (Å²) in [6.45, 7) is 0. The summed E-state index contributed by atoms with van der Waals surface area (Å²) in [6.07, 6.45) is 0. The molecule has 31 heavy (non-hydrogen) atoms. The fourth-order valence-corrected chi connectivity index (χ4v) is 3.78. The molecule has 0 fully saturated rings. The van der Waals surface area contributed by atoms with Gasteiger partial charge in [0.25, 0.3) is 0 Å². The second-order valence-electron chi connectivity index (χ2n) is 6.98. The summed E-state index contributed by atoms with van der Waals surface area (Å²) in [5.74, 6) is 0. The van der Waals surface area contributed by atoms with Crippen LogP contribution in [0.2, 0.25) is 10.0 Å². The fourth-order valence-electron chi connectivity index (χ4n) is 3.52. The van der Waals surface area contributed by atoms with Crippen LogP contribution in [0.15, 0.2) is 84.9 Å². The molecule has 0 saturated carbocycles. The monoisotopic (exact) mass is 440 g/mol. The van der Waals surface area contributed by atoms with Crippen molar-refractivity contribution in [2.75, 3.05) is 0 Å². The summed E-state index contributed by atoms with van der Waals surface area (Å²) in [6, 6.07) is 28.7. The van der Waals surface area contributed by atoms with Gasteiger partial charge in [0.1, 0.15) is 11.8 Å². The summed E-state index contributed by atoms with van der Waals surface area (Å²) >= 11 is 12.1. The van der Waals surface area contributed by atoms with Crippen molar-refractivity contribution in [3.05, 3.63) is 101 Å². The molecule has 0 aliphatic heterocycles. The van der Waals surface area contributed by atoms with Crippen molar-refractivity contribution in [2.24, 2.45) is 0 Å². The Bertz CT molecular complexity index is 1430. The number of para-hydroxylation sites is 1. The standard InChI is InChI=1S/C25H14Cl2N4/c26-19-10-6-16(7-11-19)23-18(15-28)14-22-24(17-8-12-20(27)13-9-17)30-31(25(22)29-23)21-4-2-1-3-5-21/h1-14H. The van der Waals surface area contributed by atoms with E-state index in [1.165, 1.54) is 0 Å². The van der Waals surface area contributed by atoms with Gasteiger partial charge in [-0.2, -0.15) is 10.4 Å². The Labute approximate surface area is 188 Å². The molecular formula is C25H14Cl2N4. The van der Waals surface area contributed by atoms with Gasteiger partial charge in [-0.25, -0.2) is 9.67 Å². The van der Waals surface area contributed by atoms with Gasteiger partial charge in [0, 0.05) is 26.6 Å². The molecule has 0 atom stereocenters. The van der Waals surface area contributed by atoms with Gasteiger partial charge in [-0.3, -0.25) is 0 Å². The van der Waals surface area contributed by atoms with Crippen LogP contribution in [0.1, 0.15) is 5.56 Å². The second kappa shape index (κ2) is 7.88. The summed E-state index contributed by atoms with van der Waals surface area (Å²) in [4.78, 5) is 4.89. The largest absolute Gasteiger partial charge is 0.227 e. The fraction of sp³-hybridized carbons (Fsp3) is 0. The van der Waals surface area contributed by atoms with E-state index in [1.54, 1.807) is 16.8 Å². The number of halogens is 2. The topological polar surface area (TPSA) is 54.5 Å². The lowest BCUT2D eigenvalue weighted by atomic mass is 10.0. The highest BCUT2D eigenvalue weighted by atomic mass is 35.5. The molecule has 0 radical (unpaired) electrons. The molecule has 6 heteroatoms. The molecular weight excluding hydrogens is 427 g/mol. The lowest BCUT2D eigenvalue weighted by Crippen LogP contribution is -1.99. The van der Waals surface area contributed by atoms with Crippen molar-refractivity contribution in [3.8, 4) is 34.3 Å². The van der Waals surface area contributed by atoms with Crippen LogP contribution in [-0.4, -0.2) is 14.8 Å². The van der Waals surface area contributed by atoms with Crippen molar-refractivity contribution in [1.29, 1.82) is 5.26 Å². The van der Waals surface area contributed by atoms with Gasteiger partial charge in [0.15, 0.2) is 5.65 Å². The average molecular weight is 441 g/mol. The van der Waals surface area contributed by atoms with Crippen molar-refractivity contribution >= 4 is 34.2 Å². The number of benzene rings is 3. The molecule has 5 aromatic rings.